The molecule has 2 amide bonds. The van der Waals surface area contributed by atoms with Crippen molar-refractivity contribution < 1.29 is 9.59 Å². The van der Waals surface area contributed by atoms with Crippen molar-refractivity contribution in [3.8, 4) is 0 Å². The molecule has 2 N–H and O–H groups in total. The van der Waals surface area contributed by atoms with Crippen LogP contribution in [0.5, 0.6) is 0 Å². The van der Waals surface area contributed by atoms with Gasteiger partial charge in [0.1, 0.15) is 0 Å². The van der Waals surface area contributed by atoms with Gasteiger partial charge in [-0.1, -0.05) is 0 Å². The van der Waals surface area contributed by atoms with Gasteiger partial charge in [-0.15, -0.1) is 0 Å². The van der Waals surface area contributed by atoms with Crippen LogP contribution in [0.25, 0.3) is 0 Å². The zero-order valence-electron chi connectivity index (χ0n) is 8.54. The van der Waals surface area contributed by atoms with Gasteiger partial charge in [0.2, 0.25) is 0 Å². The Labute approximate surface area is 91.2 Å². The normalized spacial score (nSPS) is 43.2. The molecule has 0 aromatic carbocycles. The lowest BCUT2D eigenvalue weighted by molar-refractivity contribution is -0.131. The Bertz CT molecular complexity index is 463. The van der Waals surface area contributed by atoms with E-state index in [1.54, 1.807) is 0 Å². The number of amides is 2. The van der Waals surface area contributed by atoms with Gasteiger partial charge in [-0.2, -0.15) is 10.2 Å². The first kappa shape index (κ1) is 8.43. The molecule has 6 heteroatoms. The second-order valence-electron chi connectivity index (χ2n) is 5.02. The molecule has 2 atom stereocenters. The molecule has 3 saturated carbocycles. The van der Waals surface area contributed by atoms with Crippen molar-refractivity contribution in [3.63, 3.8) is 0 Å². The Morgan fingerprint density at radius 3 is 1.75 bits per heavy atom. The van der Waals surface area contributed by atoms with Crippen molar-refractivity contribution in [2.75, 3.05) is 0 Å². The first-order valence-corrected chi connectivity index (χ1v) is 5.42. The molecule has 2 bridgehead atoms. The molecule has 2 spiro atoms. The number of hydrazone groups is 2. The van der Waals surface area contributed by atoms with Crippen molar-refractivity contribution in [2.45, 2.75) is 25.7 Å². The van der Waals surface area contributed by atoms with E-state index < -0.39 is 10.8 Å². The van der Waals surface area contributed by atoms with Crippen molar-refractivity contribution in [1.82, 2.24) is 10.9 Å². The highest BCUT2D eigenvalue weighted by Crippen LogP contribution is 2.56. The van der Waals surface area contributed by atoms with Crippen LogP contribution in [-0.4, -0.2) is 23.2 Å². The molecule has 5 aliphatic rings. The fourth-order valence-corrected chi connectivity index (χ4v) is 3.40. The topological polar surface area (TPSA) is 82.9 Å². The fraction of sp³-hybridized carbons (Fsp3) is 0.600. The van der Waals surface area contributed by atoms with Crippen molar-refractivity contribution in [3.05, 3.63) is 0 Å². The zero-order chi connectivity index (χ0) is 11.0. The second-order valence-corrected chi connectivity index (χ2v) is 5.02. The predicted molar refractivity (Wildman–Crippen MR) is 54.5 cm³/mol. The summed E-state index contributed by atoms with van der Waals surface area (Å²) in [5, 5.41) is 8.17. The highest BCUT2D eigenvalue weighted by Gasteiger charge is 2.65. The zero-order valence-corrected chi connectivity index (χ0v) is 8.54. The monoisotopic (exact) mass is 218 g/mol. The number of nitrogens with zero attached hydrogens (tertiary/aromatic N) is 2. The first-order chi connectivity index (χ1) is 7.67. The van der Waals surface area contributed by atoms with Crippen LogP contribution in [0.4, 0.5) is 0 Å². The number of hydrogen-bond acceptors (Lipinski definition) is 4. The highest BCUT2D eigenvalue weighted by molar-refractivity contribution is 6.26. The fourth-order valence-electron chi connectivity index (χ4n) is 3.40. The van der Waals surface area contributed by atoms with Crippen LogP contribution in [0.2, 0.25) is 0 Å². The number of nitrogens with one attached hydrogen (secondary N) is 2. The molecule has 0 aromatic rings. The lowest BCUT2D eigenvalue weighted by Gasteiger charge is -2.46. The Hall–Kier alpha value is -1.72. The number of carbonyl (C=O) groups excluding carboxylic acids is 2. The maximum atomic E-state index is 11.9. The SMILES string of the molecule is O=C1NN=C2C[C@]34CC[C@]12CC3=NNC4=O. The molecular formula is C10H10N4O2. The van der Waals surface area contributed by atoms with Gasteiger partial charge in [-0.05, 0) is 12.8 Å². The van der Waals surface area contributed by atoms with Crippen LogP contribution in [0.1, 0.15) is 25.7 Å². The largest absolute Gasteiger partial charge is 0.272 e. The van der Waals surface area contributed by atoms with Crippen molar-refractivity contribution in [1.29, 1.82) is 0 Å². The van der Waals surface area contributed by atoms with E-state index in [0.717, 1.165) is 11.4 Å². The summed E-state index contributed by atoms with van der Waals surface area (Å²) < 4.78 is 0. The number of carbonyl (C=O) groups is 2. The average Bonchev–Trinajstić information content (AvgIpc) is 2.79. The van der Waals surface area contributed by atoms with E-state index >= 15 is 0 Å². The lowest BCUT2D eigenvalue weighted by Crippen LogP contribution is -2.57. The van der Waals surface area contributed by atoms with Crippen LogP contribution < -0.4 is 10.9 Å². The van der Waals surface area contributed by atoms with Crippen LogP contribution in [-0.2, 0) is 9.59 Å². The minimum atomic E-state index is -0.493. The van der Waals surface area contributed by atoms with E-state index in [4.69, 9.17) is 0 Å². The first-order valence-electron chi connectivity index (χ1n) is 5.42. The van der Waals surface area contributed by atoms with E-state index in [1.807, 2.05) is 0 Å². The van der Waals surface area contributed by atoms with Gasteiger partial charge >= 0.3 is 0 Å². The van der Waals surface area contributed by atoms with E-state index in [0.29, 0.717) is 25.7 Å². The van der Waals surface area contributed by atoms with E-state index in [-0.39, 0.29) is 11.8 Å². The summed E-state index contributed by atoms with van der Waals surface area (Å²) >= 11 is 0. The summed E-state index contributed by atoms with van der Waals surface area (Å²) in [6.07, 6.45) is 2.53. The molecule has 0 radical (unpaired) electrons. The third kappa shape index (κ3) is 0.643. The molecule has 3 fully saturated rings. The quantitative estimate of drug-likeness (QED) is 0.575. The molecule has 5 rings (SSSR count). The van der Waals surface area contributed by atoms with E-state index in [1.165, 1.54) is 0 Å². The minimum Gasteiger partial charge on any atom is -0.272 e. The summed E-state index contributed by atoms with van der Waals surface area (Å²) in [6.45, 7) is 0. The van der Waals surface area contributed by atoms with Gasteiger partial charge in [-0.25, -0.2) is 10.9 Å². The van der Waals surface area contributed by atoms with Gasteiger partial charge in [0.15, 0.2) is 0 Å². The molecule has 82 valence electrons. The van der Waals surface area contributed by atoms with Crippen LogP contribution in [0.15, 0.2) is 10.2 Å². The van der Waals surface area contributed by atoms with E-state index in [9.17, 15) is 9.59 Å². The smallest absolute Gasteiger partial charge is 0.252 e. The standard InChI is InChI=1S/C10H10N4O2/c15-7-9-1-2-10(4-5(9)11-13-7)6(3-9)12-14-8(10)16/h1-4H2,(H,13,15)(H,14,16)/t9-,10-/m1/s1. The molecule has 0 saturated heterocycles. The van der Waals surface area contributed by atoms with Gasteiger partial charge in [0.25, 0.3) is 11.8 Å². The Morgan fingerprint density at radius 2 is 1.31 bits per heavy atom. The van der Waals surface area contributed by atoms with Crippen LogP contribution in [0.3, 0.4) is 0 Å². The molecular weight excluding hydrogens is 208 g/mol. The molecule has 0 unspecified atom stereocenters. The average molecular weight is 218 g/mol. The lowest BCUT2D eigenvalue weighted by atomic mass is 9.52. The number of hydrogen-bond donors (Lipinski definition) is 2. The highest BCUT2D eigenvalue weighted by atomic mass is 16.2. The van der Waals surface area contributed by atoms with Crippen LogP contribution >= 0.6 is 0 Å². The summed E-state index contributed by atoms with van der Waals surface area (Å²) in [4.78, 5) is 23.7. The van der Waals surface area contributed by atoms with Gasteiger partial charge < -0.3 is 0 Å². The predicted octanol–water partition coefficient (Wildman–Crippen LogP) is -0.482. The van der Waals surface area contributed by atoms with E-state index in [2.05, 4.69) is 21.1 Å². The maximum absolute atomic E-state index is 11.9. The maximum Gasteiger partial charge on any atom is 0.252 e. The molecule has 6 nitrogen and oxygen atoms in total. The molecule has 2 aliphatic heterocycles. The Kier molecular flexibility index (Phi) is 1.15. The van der Waals surface area contributed by atoms with Crippen molar-refractivity contribution in [2.24, 2.45) is 21.0 Å². The summed E-state index contributed by atoms with van der Waals surface area (Å²) in [6, 6.07) is 0. The molecule has 2 heterocycles. The molecule has 3 aliphatic carbocycles. The second kappa shape index (κ2) is 2.18. The van der Waals surface area contributed by atoms with Gasteiger partial charge in [0, 0.05) is 12.8 Å². The van der Waals surface area contributed by atoms with Gasteiger partial charge in [-0.3, -0.25) is 9.59 Å². The van der Waals surface area contributed by atoms with Crippen molar-refractivity contribution >= 4 is 23.2 Å². The summed E-state index contributed by atoms with van der Waals surface area (Å²) in [5.41, 5.74) is 5.79. The van der Waals surface area contributed by atoms with Gasteiger partial charge in [0.05, 0.1) is 22.3 Å². The molecule has 0 aromatic heterocycles. The Morgan fingerprint density at radius 1 is 0.875 bits per heavy atom. The third-order valence-corrected chi connectivity index (χ3v) is 4.48. The third-order valence-electron chi connectivity index (χ3n) is 4.48. The number of fused-ring (bicyclic) bond motifs is 1. The minimum absolute atomic E-state index is 0.0298. The summed E-state index contributed by atoms with van der Waals surface area (Å²) in [7, 11) is 0. The Balaban J connectivity index is 1.92. The number of rotatable bonds is 0. The van der Waals surface area contributed by atoms with Crippen LogP contribution in [0, 0.1) is 10.8 Å². The summed E-state index contributed by atoms with van der Waals surface area (Å²) in [5.74, 6) is -0.0595. The molecule has 16 heavy (non-hydrogen) atoms.